The van der Waals surface area contributed by atoms with Crippen LogP contribution in [0.3, 0.4) is 0 Å². The molecule has 4 aromatic heterocycles. The highest BCUT2D eigenvalue weighted by Crippen LogP contribution is 2.49. The monoisotopic (exact) mass is 1320 g/mol. The quantitative estimate of drug-likeness (QED) is 0.0706. The number of benzene rings is 4. The van der Waals surface area contributed by atoms with E-state index in [-0.39, 0.29) is 42.4 Å². The number of nitrogens with zero attached hydrogens (tertiary/aromatic N) is 6. The second-order valence-electron chi connectivity index (χ2n) is 22.9. The summed E-state index contributed by atoms with van der Waals surface area (Å²) in [7, 11) is 2.74. The zero-order valence-corrected chi connectivity index (χ0v) is 53.8. The minimum Gasteiger partial charge on any atom is -0.489 e. The van der Waals surface area contributed by atoms with Crippen LogP contribution in [0.2, 0.25) is 20.1 Å². The number of rotatable bonds is 16. The minimum atomic E-state index is -0.412. The van der Waals surface area contributed by atoms with Crippen molar-refractivity contribution in [2.75, 3.05) is 63.4 Å². The smallest absolute Gasteiger partial charge is 0.338 e. The van der Waals surface area contributed by atoms with Gasteiger partial charge in [-0.2, -0.15) is 0 Å². The van der Waals surface area contributed by atoms with Gasteiger partial charge in [0.15, 0.2) is 10.3 Å². The SMILES string of the molecule is COC(=O)c1cc(OC(C)C)c2nc(N3C[C@@H]4[C@H](C3)OC[C@@H]4O)sc2c1.COC(=O)c1cc(OC(C)C)c2nc(N3C[C@H]4[C@@H](OCc5c(-c6c(Cl)cccc6Cl)noc5C5CC5)CO[C@H]4C3)sc2c1.ClCc1c(-c2c(Cl)cccc2Cl)noc1C1CC1. The summed E-state index contributed by atoms with van der Waals surface area (Å²) < 4.78 is 53.1. The van der Waals surface area contributed by atoms with Crippen LogP contribution in [0.5, 0.6) is 11.5 Å². The van der Waals surface area contributed by atoms with Crippen molar-refractivity contribution in [2.45, 2.75) is 114 Å². The summed E-state index contributed by atoms with van der Waals surface area (Å²) >= 11 is 34.5. The lowest BCUT2D eigenvalue weighted by atomic mass is 10.0. The normalized spacial score (nSPS) is 21.3. The molecule has 87 heavy (non-hydrogen) atoms. The molecule has 25 heteroatoms. The van der Waals surface area contributed by atoms with Gasteiger partial charge in [0.25, 0.3) is 0 Å². The second kappa shape index (κ2) is 26.2. The fraction of sp³-hybridized carbons (Fsp3) is 0.452. The van der Waals surface area contributed by atoms with Gasteiger partial charge in [0.2, 0.25) is 0 Å². The molecule has 14 rings (SSSR count). The number of ether oxygens (including phenoxy) is 7. The van der Waals surface area contributed by atoms with Gasteiger partial charge in [0.05, 0.1) is 117 Å². The molecular weight excluding hydrogens is 1260 g/mol. The Morgan fingerprint density at radius 2 is 1.09 bits per heavy atom. The molecule has 18 nitrogen and oxygen atoms in total. The van der Waals surface area contributed by atoms with Crippen LogP contribution >= 0.6 is 80.7 Å². The predicted octanol–water partition coefficient (Wildman–Crippen LogP) is 14.5. The average molecular weight is 1330 g/mol. The first-order valence-corrected chi connectivity index (χ1v) is 32.5. The Labute approximate surface area is 535 Å². The average Bonchev–Trinajstić information content (AvgIpc) is 2.19. The highest BCUT2D eigenvalue weighted by atomic mass is 35.5. The molecule has 6 aliphatic rings. The number of halogens is 5. The Kier molecular flexibility index (Phi) is 18.6. The van der Waals surface area contributed by atoms with E-state index < -0.39 is 18.0 Å². The number of hydrogen-bond acceptors (Lipinski definition) is 20. The lowest BCUT2D eigenvalue weighted by Gasteiger charge is -2.20. The van der Waals surface area contributed by atoms with Crippen molar-refractivity contribution in [2.24, 2.45) is 11.8 Å². The van der Waals surface area contributed by atoms with Gasteiger partial charge in [-0.25, -0.2) is 19.6 Å². The molecule has 4 saturated heterocycles. The van der Waals surface area contributed by atoms with Crippen LogP contribution < -0.4 is 19.3 Å². The van der Waals surface area contributed by atoms with Gasteiger partial charge in [0.1, 0.15) is 45.4 Å². The fourth-order valence-corrected chi connectivity index (χ4v) is 15.0. The molecule has 4 aliphatic heterocycles. The Morgan fingerprint density at radius 3 is 1.54 bits per heavy atom. The van der Waals surface area contributed by atoms with Crippen LogP contribution in [-0.2, 0) is 36.2 Å². The van der Waals surface area contributed by atoms with E-state index in [1.54, 1.807) is 48.5 Å². The van der Waals surface area contributed by atoms with E-state index in [4.69, 9.17) is 110 Å². The number of hydrogen-bond donors (Lipinski definition) is 1. The largest absolute Gasteiger partial charge is 0.489 e. The lowest BCUT2D eigenvalue weighted by Crippen LogP contribution is -2.28. The highest BCUT2D eigenvalue weighted by molar-refractivity contribution is 7.22. The zero-order chi connectivity index (χ0) is 60.9. The molecule has 2 aliphatic carbocycles. The standard InChI is InChI=1S/C31H31Cl2N3O6S.C18H22N2O5S.C13H10Cl3NO/c1-15(2)41-22-9-17(30(37)38-3)10-25-28(22)34-31(43-25)36-11-18-23(12-36)40-14-24(18)39-13-19-27(35-42-29(19)16-7-8-16)26-20(32)5-4-6-21(26)33;1-9(2)25-13-4-10(17(22)23-3)5-15-16(13)19-18(26-15)20-6-11-12(21)8-24-14(11)7-20;14-6-8-12(17-18-13(8)7-4-5-7)11-9(15)2-1-3-10(11)16/h4-6,9-10,15-16,18,23-24H,7-8,11-14H2,1-3H3;4-5,9,11-12,14,21H,6-8H2,1-3H3;1-3,7H,4-6H2/t18-,23+,24+;11-,12-,14-;/m10./s1. The summed E-state index contributed by atoms with van der Waals surface area (Å²) in [6, 6.07) is 17.8. The van der Waals surface area contributed by atoms with Crippen LogP contribution in [0.25, 0.3) is 42.9 Å². The van der Waals surface area contributed by atoms with E-state index in [1.807, 2.05) is 39.8 Å². The number of thiazole rings is 2. The first-order valence-electron chi connectivity index (χ1n) is 28.8. The summed E-state index contributed by atoms with van der Waals surface area (Å²) in [6.07, 6.45) is 3.85. The lowest BCUT2D eigenvalue weighted by molar-refractivity contribution is 0.0144. The second-order valence-corrected chi connectivity index (χ2v) is 26.8. The number of aliphatic hydroxyl groups is 1. The number of carbonyl (C=O) groups is 2. The van der Waals surface area contributed by atoms with Crippen molar-refractivity contribution in [1.82, 2.24) is 20.3 Å². The molecule has 2 saturated carbocycles. The molecule has 0 amide bonds. The van der Waals surface area contributed by atoms with Gasteiger partial charge < -0.3 is 57.1 Å². The summed E-state index contributed by atoms with van der Waals surface area (Å²) in [5.74, 6) is 3.53. The molecule has 8 aromatic rings. The number of aromatic nitrogens is 4. The van der Waals surface area contributed by atoms with Crippen molar-refractivity contribution < 1.29 is 56.9 Å². The van der Waals surface area contributed by atoms with E-state index in [9.17, 15) is 14.7 Å². The maximum atomic E-state index is 12.3. The number of methoxy groups -OCH3 is 2. The summed E-state index contributed by atoms with van der Waals surface area (Å²) in [5, 5.41) is 22.4. The van der Waals surface area contributed by atoms with Crippen molar-refractivity contribution in [3.05, 3.63) is 115 Å². The van der Waals surface area contributed by atoms with Crippen molar-refractivity contribution in [3.63, 3.8) is 0 Å². The van der Waals surface area contributed by atoms with Gasteiger partial charge in [-0.15, -0.1) is 11.6 Å². The third-order valence-corrected chi connectivity index (χ3v) is 19.7. The van der Waals surface area contributed by atoms with Gasteiger partial charge in [-0.1, -0.05) is 91.5 Å². The summed E-state index contributed by atoms with van der Waals surface area (Å²) in [6.45, 7) is 11.9. The first kappa shape index (κ1) is 61.7. The van der Waals surface area contributed by atoms with Gasteiger partial charge in [0, 0.05) is 72.1 Å². The van der Waals surface area contributed by atoms with Crippen LogP contribution in [-0.4, -0.2) is 128 Å². The number of alkyl halides is 1. The summed E-state index contributed by atoms with van der Waals surface area (Å²) in [5.41, 5.74) is 6.85. The maximum absolute atomic E-state index is 12.3. The van der Waals surface area contributed by atoms with Crippen molar-refractivity contribution in [1.29, 1.82) is 0 Å². The molecule has 4 aromatic carbocycles. The molecule has 0 spiro atoms. The van der Waals surface area contributed by atoms with Crippen LogP contribution in [0, 0.1) is 11.8 Å². The Hall–Kier alpha value is -5.49. The Balaban J connectivity index is 0.000000142. The molecule has 6 atom stereocenters. The molecular formula is C62H63Cl5N6O12S2. The summed E-state index contributed by atoms with van der Waals surface area (Å²) in [4.78, 5) is 38.4. The number of aliphatic hydroxyl groups excluding tert-OH is 1. The topological polar surface area (TPSA) is 203 Å². The first-order chi connectivity index (χ1) is 42.0. The van der Waals surface area contributed by atoms with Crippen molar-refractivity contribution >= 4 is 123 Å². The number of anilines is 2. The third-order valence-electron chi connectivity index (χ3n) is 16.1. The number of esters is 2. The fourth-order valence-electron chi connectivity index (χ4n) is 11.5. The van der Waals surface area contributed by atoms with E-state index in [1.165, 1.54) is 36.9 Å². The molecule has 8 heterocycles. The Bertz CT molecular complexity index is 3810. The molecule has 6 fully saturated rings. The number of carbonyl (C=O) groups excluding carboxylic acids is 2. The predicted molar refractivity (Wildman–Crippen MR) is 336 cm³/mol. The Morgan fingerprint density at radius 1 is 0.644 bits per heavy atom. The van der Waals surface area contributed by atoms with Gasteiger partial charge >= 0.3 is 11.9 Å². The van der Waals surface area contributed by atoms with Crippen LogP contribution in [0.4, 0.5) is 10.3 Å². The number of fused-ring (bicyclic) bond motifs is 4. The molecule has 0 bridgehead atoms. The third kappa shape index (κ3) is 13.0. The highest BCUT2D eigenvalue weighted by Gasteiger charge is 2.47. The molecule has 0 radical (unpaired) electrons. The van der Waals surface area contributed by atoms with E-state index >= 15 is 0 Å². The van der Waals surface area contributed by atoms with E-state index in [0.717, 1.165) is 92.1 Å². The van der Waals surface area contributed by atoms with Crippen LogP contribution in [0.15, 0.2) is 69.7 Å². The van der Waals surface area contributed by atoms with E-state index in [2.05, 4.69) is 20.1 Å². The van der Waals surface area contributed by atoms with Crippen molar-refractivity contribution in [3.8, 4) is 34.0 Å². The van der Waals surface area contributed by atoms with Gasteiger partial charge in [-0.3, -0.25) is 0 Å². The van der Waals surface area contributed by atoms with Gasteiger partial charge in [-0.05, 0) is 102 Å². The zero-order valence-electron chi connectivity index (χ0n) is 48.4. The minimum absolute atomic E-state index is 0.0249. The van der Waals surface area contributed by atoms with E-state index in [0.29, 0.717) is 116 Å². The molecule has 1 N–H and O–H groups in total. The van der Waals surface area contributed by atoms with Crippen LogP contribution in [0.1, 0.15) is 109 Å². The molecule has 0 unspecified atom stereocenters. The maximum Gasteiger partial charge on any atom is 0.338 e. The molecule has 460 valence electrons.